The monoisotopic (exact) mass is 301 g/mol. The molecule has 0 bridgehead atoms. The number of halogens is 1. The van der Waals surface area contributed by atoms with Crippen LogP contribution in [-0.4, -0.2) is 16.8 Å². The molecule has 0 saturated heterocycles. The molecule has 0 radical (unpaired) electrons. The molecule has 2 nitrogen and oxygen atoms in total. The van der Waals surface area contributed by atoms with Gasteiger partial charge in [0.2, 0.25) is 0 Å². The lowest BCUT2D eigenvalue weighted by atomic mass is 10.1. The summed E-state index contributed by atoms with van der Waals surface area (Å²) in [7, 11) is 0. The van der Waals surface area contributed by atoms with Crippen molar-refractivity contribution in [3.05, 3.63) is 70.7 Å². The highest BCUT2D eigenvalue weighted by Crippen LogP contribution is 2.20. The molecule has 0 aliphatic carbocycles. The summed E-state index contributed by atoms with van der Waals surface area (Å²) in [5.41, 5.74) is 1.69. The topological polar surface area (TPSA) is 20.3 Å². The molecule has 0 heterocycles. The third-order valence-corrected chi connectivity index (χ3v) is 4.01. The smallest absolute Gasteiger partial charge is 0.255 e. The second kappa shape index (κ2) is 7.28. The van der Waals surface area contributed by atoms with Crippen molar-refractivity contribution in [2.24, 2.45) is 0 Å². The molecular weight excluding hydrogens is 282 g/mol. The zero-order chi connectivity index (χ0) is 15.2. The third kappa shape index (κ3) is 3.85. The molecule has 0 aliphatic rings. The van der Waals surface area contributed by atoms with E-state index < -0.39 is 0 Å². The molecule has 2 aromatic rings. The Morgan fingerprint density at radius 2 is 1.71 bits per heavy atom. The lowest BCUT2D eigenvalue weighted by Crippen LogP contribution is -2.37. The number of carbonyl (C=O) groups excluding carboxylic acids is 1. The average Bonchev–Trinajstić information content (AvgIpc) is 2.53. The molecule has 0 aromatic heterocycles. The van der Waals surface area contributed by atoms with Crippen molar-refractivity contribution in [3.8, 4) is 0 Å². The lowest BCUT2D eigenvalue weighted by Gasteiger charge is -2.29. The minimum atomic E-state index is -0.0150. The number of rotatable bonds is 5. The van der Waals surface area contributed by atoms with Crippen LogP contribution in [0.5, 0.6) is 0 Å². The van der Waals surface area contributed by atoms with E-state index in [2.05, 4.69) is 13.8 Å². The van der Waals surface area contributed by atoms with Gasteiger partial charge in [0.05, 0.1) is 10.6 Å². The largest absolute Gasteiger partial charge is 0.332 e. The van der Waals surface area contributed by atoms with Gasteiger partial charge in [-0.15, -0.1) is 0 Å². The summed E-state index contributed by atoms with van der Waals surface area (Å²) in [6, 6.07) is 17.4. The Kier molecular flexibility index (Phi) is 5.40. The van der Waals surface area contributed by atoms with Crippen molar-refractivity contribution in [2.75, 3.05) is 0 Å². The predicted molar refractivity (Wildman–Crippen MR) is 87.5 cm³/mol. The molecule has 0 aliphatic heterocycles. The number of nitrogens with zero attached hydrogens (tertiary/aromatic N) is 1. The Hall–Kier alpha value is -1.80. The van der Waals surface area contributed by atoms with Gasteiger partial charge in [-0.25, -0.2) is 0 Å². The molecule has 0 N–H and O–H groups in total. The minimum Gasteiger partial charge on any atom is -0.332 e. The number of benzene rings is 2. The van der Waals surface area contributed by atoms with Crippen LogP contribution >= 0.6 is 11.6 Å². The molecule has 21 heavy (non-hydrogen) atoms. The highest BCUT2D eigenvalue weighted by molar-refractivity contribution is 6.33. The zero-order valence-corrected chi connectivity index (χ0v) is 13.2. The maximum atomic E-state index is 12.8. The van der Waals surface area contributed by atoms with Crippen molar-refractivity contribution in [3.63, 3.8) is 0 Å². The second-order valence-electron chi connectivity index (χ2n) is 5.16. The van der Waals surface area contributed by atoms with Gasteiger partial charge in [0.15, 0.2) is 0 Å². The fraction of sp³-hybridized carbons (Fsp3) is 0.278. The lowest BCUT2D eigenvalue weighted by molar-refractivity contribution is 0.0672. The van der Waals surface area contributed by atoms with Gasteiger partial charge in [0.25, 0.3) is 5.91 Å². The molecule has 0 fully saturated rings. The van der Waals surface area contributed by atoms with Gasteiger partial charge in [-0.2, -0.15) is 0 Å². The molecule has 0 saturated carbocycles. The molecule has 1 amide bonds. The molecule has 3 heteroatoms. The van der Waals surface area contributed by atoms with Gasteiger partial charge in [-0.3, -0.25) is 4.79 Å². The summed E-state index contributed by atoms with van der Waals surface area (Å²) in [5.74, 6) is -0.0150. The van der Waals surface area contributed by atoms with Gasteiger partial charge in [-0.05, 0) is 31.0 Å². The van der Waals surface area contributed by atoms with Gasteiger partial charge >= 0.3 is 0 Å². The van der Waals surface area contributed by atoms with Crippen LogP contribution in [-0.2, 0) is 6.54 Å². The van der Waals surface area contributed by atoms with Crippen LogP contribution in [0.1, 0.15) is 36.2 Å². The van der Waals surface area contributed by atoms with Crippen LogP contribution in [0.4, 0.5) is 0 Å². The zero-order valence-electron chi connectivity index (χ0n) is 12.4. The first-order valence-corrected chi connectivity index (χ1v) is 7.60. The number of amides is 1. The number of carbonyl (C=O) groups is 1. The van der Waals surface area contributed by atoms with Crippen LogP contribution in [0.15, 0.2) is 54.6 Å². The highest BCUT2D eigenvalue weighted by atomic mass is 35.5. The van der Waals surface area contributed by atoms with E-state index in [4.69, 9.17) is 11.6 Å². The third-order valence-electron chi connectivity index (χ3n) is 3.68. The molecule has 0 spiro atoms. The molecule has 2 aromatic carbocycles. The second-order valence-corrected chi connectivity index (χ2v) is 5.56. The van der Waals surface area contributed by atoms with Crippen LogP contribution in [0.2, 0.25) is 5.02 Å². The van der Waals surface area contributed by atoms with E-state index in [1.807, 2.05) is 47.4 Å². The molecule has 1 unspecified atom stereocenters. The fourth-order valence-corrected chi connectivity index (χ4v) is 2.43. The van der Waals surface area contributed by atoms with Crippen molar-refractivity contribution in [1.29, 1.82) is 0 Å². The first-order valence-electron chi connectivity index (χ1n) is 7.23. The summed E-state index contributed by atoms with van der Waals surface area (Å²) in [6.07, 6.45) is 0.906. The average molecular weight is 302 g/mol. The van der Waals surface area contributed by atoms with Crippen molar-refractivity contribution >= 4 is 17.5 Å². The normalized spacial score (nSPS) is 12.0. The van der Waals surface area contributed by atoms with Crippen LogP contribution < -0.4 is 0 Å². The molecular formula is C18H20ClNO. The van der Waals surface area contributed by atoms with Gasteiger partial charge in [0.1, 0.15) is 0 Å². The first-order chi connectivity index (χ1) is 10.1. The Labute approximate surface area is 131 Å². The molecule has 1 atom stereocenters. The Bertz CT molecular complexity index is 597. The Morgan fingerprint density at radius 3 is 2.33 bits per heavy atom. The van der Waals surface area contributed by atoms with E-state index in [9.17, 15) is 4.79 Å². The van der Waals surface area contributed by atoms with Gasteiger partial charge in [0, 0.05) is 12.6 Å². The Morgan fingerprint density at radius 1 is 1.10 bits per heavy atom. The van der Waals surface area contributed by atoms with Crippen LogP contribution in [0.3, 0.4) is 0 Å². The van der Waals surface area contributed by atoms with Crippen LogP contribution in [0.25, 0.3) is 0 Å². The summed E-state index contributed by atoms with van der Waals surface area (Å²) in [5, 5.41) is 0.504. The first kappa shape index (κ1) is 15.6. The van der Waals surface area contributed by atoms with Crippen molar-refractivity contribution in [2.45, 2.75) is 32.9 Å². The molecule has 110 valence electrons. The van der Waals surface area contributed by atoms with E-state index in [0.717, 1.165) is 12.0 Å². The number of hydrogen-bond donors (Lipinski definition) is 0. The van der Waals surface area contributed by atoms with Crippen molar-refractivity contribution in [1.82, 2.24) is 4.90 Å². The summed E-state index contributed by atoms with van der Waals surface area (Å²) >= 11 is 6.17. The maximum Gasteiger partial charge on any atom is 0.255 e. The minimum absolute atomic E-state index is 0.0150. The van der Waals surface area contributed by atoms with E-state index in [1.54, 1.807) is 12.1 Å². The highest BCUT2D eigenvalue weighted by Gasteiger charge is 2.22. The quantitative estimate of drug-likeness (QED) is 0.778. The fourth-order valence-electron chi connectivity index (χ4n) is 2.22. The standard InChI is InChI=1S/C18H20ClNO/c1-3-14(2)20(13-15-9-5-4-6-10-15)18(21)16-11-7-8-12-17(16)19/h4-12,14H,3,13H2,1-2H3. The van der Waals surface area contributed by atoms with Crippen molar-refractivity contribution < 1.29 is 4.79 Å². The maximum absolute atomic E-state index is 12.8. The van der Waals surface area contributed by atoms with Gasteiger partial charge in [-0.1, -0.05) is 61.0 Å². The Balaban J connectivity index is 2.28. The van der Waals surface area contributed by atoms with Gasteiger partial charge < -0.3 is 4.90 Å². The summed E-state index contributed by atoms with van der Waals surface area (Å²) in [6.45, 7) is 4.75. The van der Waals surface area contributed by atoms with Crippen LogP contribution in [0, 0.1) is 0 Å². The summed E-state index contributed by atoms with van der Waals surface area (Å²) in [4.78, 5) is 14.7. The number of hydrogen-bond acceptors (Lipinski definition) is 1. The van der Waals surface area contributed by atoms with E-state index in [1.165, 1.54) is 0 Å². The van der Waals surface area contributed by atoms with E-state index in [-0.39, 0.29) is 11.9 Å². The predicted octanol–water partition coefficient (Wildman–Crippen LogP) is 4.78. The summed E-state index contributed by atoms with van der Waals surface area (Å²) < 4.78 is 0. The van der Waals surface area contributed by atoms with E-state index in [0.29, 0.717) is 17.1 Å². The molecule has 2 rings (SSSR count). The SMILES string of the molecule is CCC(C)N(Cc1ccccc1)C(=O)c1ccccc1Cl. The van der Waals surface area contributed by atoms with E-state index >= 15 is 0 Å².